The molecule has 0 bridgehead atoms. The van der Waals surface area contributed by atoms with E-state index in [1.165, 1.54) is 27.6 Å². The molecule has 0 saturated carbocycles. The number of fused-ring (bicyclic) bond motifs is 5. The highest BCUT2D eigenvalue weighted by Crippen LogP contribution is 2.45. The molecule has 0 saturated heterocycles. The quantitative estimate of drug-likeness (QED) is 0.131. The lowest BCUT2D eigenvalue weighted by Crippen LogP contribution is -2.20. The van der Waals surface area contributed by atoms with E-state index in [0.29, 0.717) is 17.5 Å². The molecule has 9 rings (SSSR count). The second-order valence-electron chi connectivity index (χ2n) is 15.1. The van der Waals surface area contributed by atoms with E-state index in [1.54, 1.807) is 6.08 Å². The van der Waals surface area contributed by atoms with Crippen molar-refractivity contribution in [1.82, 2.24) is 15.0 Å². The third-order valence-electron chi connectivity index (χ3n) is 10.9. The van der Waals surface area contributed by atoms with Crippen molar-refractivity contribution in [2.24, 2.45) is 5.41 Å². The zero-order valence-electron chi connectivity index (χ0n) is 32.8. The molecule has 1 unspecified atom stereocenters. The molecular formula is C54H43N3O. The number of benzene rings is 6. The van der Waals surface area contributed by atoms with Crippen LogP contribution in [0.25, 0.3) is 72.4 Å². The number of hydrogen-bond acceptors (Lipinski definition) is 4. The van der Waals surface area contributed by atoms with E-state index < -0.39 is 0 Å². The first-order valence-electron chi connectivity index (χ1n) is 19.9. The molecule has 2 aromatic heterocycles. The second-order valence-corrected chi connectivity index (χ2v) is 15.1. The summed E-state index contributed by atoms with van der Waals surface area (Å²) in [5.41, 5.74) is 10.2. The maximum Gasteiger partial charge on any atom is 0.164 e. The van der Waals surface area contributed by atoms with Gasteiger partial charge >= 0.3 is 0 Å². The summed E-state index contributed by atoms with van der Waals surface area (Å²) in [6.45, 7) is 8.09. The minimum Gasteiger partial charge on any atom is -0.455 e. The minimum atomic E-state index is -0.166. The summed E-state index contributed by atoms with van der Waals surface area (Å²) >= 11 is 0. The normalized spacial score (nSPS) is 15.7. The van der Waals surface area contributed by atoms with Crippen molar-refractivity contribution in [2.75, 3.05) is 0 Å². The Hall–Kier alpha value is -7.17. The van der Waals surface area contributed by atoms with Crippen molar-refractivity contribution in [3.8, 4) is 34.2 Å². The van der Waals surface area contributed by atoms with Gasteiger partial charge in [-0.2, -0.15) is 0 Å². The highest BCUT2D eigenvalue weighted by atomic mass is 16.3. The number of hydrogen-bond donors (Lipinski definition) is 0. The molecule has 6 aromatic carbocycles. The summed E-state index contributed by atoms with van der Waals surface area (Å²) in [4.78, 5) is 15.5. The fourth-order valence-electron chi connectivity index (χ4n) is 8.07. The smallest absolute Gasteiger partial charge is 0.164 e. The maximum atomic E-state index is 6.87. The summed E-state index contributed by atoms with van der Waals surface area (Å²) in [5.74, 6) is 1.83. The second kappa shape index (κ2) is 15.8. The van der Waals surface area contributed by atoms with Gasteiger partial charge in [0, 0.05) is 38.4 Å². The van der Waals surface area contributed by atoms with E-state index in [-0.39, 0.29) is 5.41 Å². The van der Waals surface area contributed by atoms with Crippen LogP contribution in [0.2, 0.25) is 0 Å². The van der Waals surface area contributed by atoms with Crippen LogP contribution in [-0.4, -0.2) is 15.0 Å². The molecule has 4 nitrogen and oxygen atoms in total. The van der Waals surface area contributed by atoms with Gasteiger partial charge in [-0.05, 0) is 64.9 Å². The summed E-state index contributed by atoms with van der Waals surface area (Å²) in [6.07, 6.45) is 22.6. The minimum absolute atomic E-state index is 0.166. The molecule has 2 heterocycles. The molecule has 0 spiro atoms. The number of aromatic nitrogens is 3. The molecule has 0 fully saturated rings. The van der Waals surface area contributed by atoms with Gasteiger partial charge in [0.15, 0.2) is 17.5 Å². The van der Waals surface area contributed by atoms with Gasteiger partial charge in [-0.1, -0.05) is 190 Å². The van der Waals surface area contributed by atoms with Crippen LogP contribution in [0.3, 0.4) is 0 Å². The van der Waals surface area contributed by atoms with Crippen LogP contribution in [0, 0.1) is 5.41 Å². The van der Waals surface area contributed by atoms with Gasteiger partial charge in [0.2, 0.25) is 0 Å². The van der Waals surface area contributed by atoms with Crippen molar-refractivity contribution in [1.29, 1.82) is 0 Å². The standard InChI is InChI=1S/C54H43N3O/c1-4-6-8-9-10-18-37-27-29-39(30-28-37)51-55-52(41-32-31-38-19-11-12-20-40(38)34-41)57-53(56-51)46-25-17-26-48-49(46)45-24-16-23-44(50(45)58-48)47-36-54(3,33-15-7-5-2)35-42-21-13-14-22-43(42)47/h4-17,19-34,36H,1,18,35H2,2-3H3/b7-5-,8-6-,10-9-,33-15-. The fraction of sp³-hybridized carbons (Fsp3) is 0.0926. The van der Waals surface area contributed by atoms with Crippen LogP contribution < -0.4 is 0 Å². The lowest BCUT2D eigenvalue weighted by molar-refractivity contribution is 0.542. The lowest BCUT2D eigenvalue weighted by Gasteiger charge is -2.31. The first-order chi connectivity index (χ1) is 28.5. The van der Waals surface area contributed by atoms with Gasteiger partial charge < -0.3 is 4.42 Å². The molecule has 4 heteroatoms. The van der Waals surface area contributed by atoms with Crippen LogP contribution in [0.1, 0.15) is 36.1 Å². The topological polar surface area (TPSA) is 51.8 Å². The van der Waals surface area contributed by atoms with Gasteiger partial charge in [-0.3, -0.25) is 0 Å². The Morgan fingerprint density at radius 3 is 2.22 bits per heavy atom. The molecule has 1 atom stereocenters. The predicted molar refractivity (Wildman–Crippen MR) is 242 cm³/mol. The van der Waals surface area contributed by atoms with Gasteiger partial charge in [-0.15, -0.1) is 0 Å². The zero-order valence-corrected chi connectivity index (χ0v) is 32.8. The lowest BCUT2D eigenvalue weighted by atomic mass is 9.73. The van der Waals surface area contributed by atoms with E-state index in [2.05, 4.69) is 165 Å². The van der Waals surface area contributed by atoms with E-state index >= 15 is 0 Å². The van der Waals surface area contributed by atoms with E-state index in [1.807, 2.05) is 37.3 Å². The van der Waals surface area contributed by atoms with Crippen LogP contribution >= 0.6 is 0 Å². The van der Waals surface area contributed by atoms with Crippen LogP contribution in [-0.2, 0) is 12.8 Å². The summed E-state index contributed by atoms with van der Waals surface area (Å²) in [6, 6.07) is 44.6. The fourth-order valence-corrected chi connectivity index (χ4v) is 8.07. The maximum absolute atomic E-state index is 6.87. The molecule has 0 N–H and O–H groups in total. The van der Waals surface area contributed by atoms with Crippen LogP contribution in [0.15, 0.2) is 199 Å². The average molecular weight is 750 g/mol. The van der Waals surface area contributed by atoms with Gasteiger partial charge in [0.05, 0.1) is 0 Å². The first kappa shape index (κ1) is 36.5. The highest BCUT2D eigenvalue weighted by molar-refractivity contribution is 6.14. The number of furan rings is 1. The number of rotatable bonds is 10. The first-order valence-corrected chi connectivity index (χ1v) is 19.9. The number of nitrogens with zero attached hydrogens (tertiary/aromatic N) is 3. The third-order valence-corrected chi connectivity index (χ3v) is 10.9. The molecule has 280 valence electrons. The highest BCUT2D eigenvalue weighted by Gasteiger charge is 2.29. The monoisotopic (exact) mass is 749 g/mol. The van der Waals surface area contributed by atoms with Gasteiger partial charge in [0.1, 0.15) is 11.2 Å². The molecule has 1 aliphatic carbocycles. The SMILES string of the molecule is C=C/C=C\C=C/Cc1ccc(-c2nc(-c3ccc4ccccc4c3)nc(-c3cccc4oc5c(C6=CC(C)(/C=C\C=C/C)Cc7ccccc76)cccc5c34)n2)cc1. The van der Waals surface area contributed by atoms with E-state index in [4.69, 9.17) is 19.4 Å². The Morgan fingerprint density at radius 2 is 1.38 bits per heavy atom. The van der Waals surface area contributed by atoms with Crippen LogP contribution in [0.5, 0.6) is 0 Å². The molecular weight excluding hydrogens is 707 g/mol. The van der Waals surface area contributed by atoms with Gasteiger partial charge in [0.25, 0.3) is 0 Å². The van der Waals surface area contributed by atoms with Crippen molar-refractivity contribution in [3.05, 3.63) is 217 Å². The molecule has 58 heavy (non-hydrogen) atoms. The Labute approximate surface area is 339 Å². The number of para-hydroxylation sites is 1. The molecule has 0 aliphatic heterocycles. The average Bonchev–Trinajstić information content (AvgIpc) is 3.65. The molecule has 0 radical (unpaired) electrons. The van der Waals surface area contributed by atoms with Gasteiger partial charge in [-0.25, -0.2) is 15.0 Å². The Kier molecular flexibility index (Phi) is 9.91. The van der Waals surface area contributed by atoms with Crippen molar-refractivity contribution < 1.29 is 4.42 Å². The summed E-state index contributed by atoms with van der Waals surface area (Å²) < 4.78 is 6.87. The molecule has 1 aliphatic rings. The number of allylic oxidation sites excluding steroid dienone is 10. The predicted octanol–water partition coefficient (Wildman–Crippen LogP) is 13.9. The summed E-state index contributed by atoms with van der Waals surface area (Å²) in [5, 5.41) is 4.30. The van der Waals surface area contributed by atoms with Crippen LogP contribution in [0.4, 0.5) is 0 Å². The summed E-state index contributed by atoms with van der Waals surface area (Å²) in [7, 11) is 0. The Bertz CT molecular complexity index is 2990. The third kappa shape index (κ3) is 7.17. The van der Waals surface area contributed by atoms with E-state index in [9.17, 15) is 0 Å². The Morgan fingerprint density at radius 1 is 0.655 bits per heavy atom. The van der Waals surface area contributed by atoms with E-state index in [0.717, 1.165) is 62.4 Å². The molecule has 8 aromatic rings. The van der Waals surface area contributed by atoms with Crippen molar-refractivity contribution in [3.63, 3.8) is 0 Å². The Balaban J connectivity index is 1.20. The largest absolute Gasteiger partial charge is 0.455 e. The zero-order chi connectivity index (χ0) is 39.5. The van der Waals surface area contributed by atoms with Crippen molar-refractivity contribution in [2.45, 2.75) is 26.7 Å². The molecule has 0 amide bonds. The van der Waals surface area contributed by atoms with Crippen molar-refractivity contribution >= 4 is 38.3 Å².